The fourth-order valence-corrected chi connectivity index (χ4v) is 8.15. The Morgan fingerprint density at radius 1 is 0.909 bits per heavy atom. The Balaban J connectivity index is 1.20. The molecule has 17 nitrogen and oxygen atoms in total. The van der Waals surface area contributed by atoms with Crippen LogP contribution in [0.3, 0.4) is 0 Å². The van der Waals surface area contributed by atoms with E-state index in [1.54, 1.807) is 6.92 Å². The van der Waals surface area contributed by atoms with Crippen molar-refractivity contribution in [3.63, 3.8) is 0 Å². The number of halogens is 2. The van der Waals surface area contributed by atoms with Gasteiger partial charge in [0.15, 0.2) is 41.9 Å². The number of fused-ring (bicyclic) bond motifs is 5. The molecule has 0 aliphatic carbocycles. The first-order valence-electron chi connectivity index (χ1n) is 12.9. The highest BCUT2D eigenvalue weighted by molar-refractivity contribution is 8.44. The molecule has 44 heavy (non-hydrogen) atoms. The number of nitrogens with zero attached hydrogens (tertiary/aromatic N) is 8. The number of ether oxygens (including phenoxy) is 2. The molecule has 0 saturated carbocycles. The van der Waals surface area contributed by atoms with E-state index in [0.717, 1.165) is 0 Å². The van der Waals surface area contributed by atoms with Gasteiger partial charge in [-0.2, -0.15) is 0 Å². The van der Waals surface area contributed by atoms with Crippen LogP contribution in [0.2, 0.25) is 0 Å². The van der Waals surface area contributed by atoms with Gasteiger partial charge in [-0.15, -0.1) is 0 Å². The van der Waals surface area contributed by atoms with E-state index in [0.29, 0.717) is 11.2 Å². The van der Waals surface area contributed by atoms with E-state index in [1.807, 2.05) is 0 Å². The minimum atomic E-state index is -4.40. The van der Waals surface area contributed by atoms with E-state index < -0.39 is 75.9 Å². The molecule has 0 spiro atoms. The summed E-state index contributed by atoms with van der Waals surface area (Å²) in [5, 5.41) is 0. The van der Waals surface area contributed by atoms with Crippen LogP contribution in [0.25, 0.3) is 22.3 Å². The molecule has 7 rings (SSSR count). The van der Waals surface area contributed by atoms with Gasteiger partial charge in [-0.05, 0) is 18.7 Å². The number of thiol groups is 1. The molecule has 2 bridgehead atoms. The van der Waals surface area contributed by atoms with Crippen LogP contribution in [0.4, 0.5) is 14.6 Å². The van der Waals surface area contributed by atoms with Crippen LogP contribution in [-0.4, -0.2) is 93.9 Å². The van der Waals surface area contributed by atoms with E-state index in [-0.39, 0.29) is 22.6 Å². The molecular weight excluding hydrogens is 670 g/mol. The van der Waals surface area contributed by atoms with Crippen molar-refractivity contribution in [2.45, 2.75) is 56.1 Å². The second-order valence-corrected chi connectivity index (χ2v) is 15.7. The van der Waals surface area contributed by atoms with Gasteiger partial charge in [0.25, 0.3) is 0 Å². The number of aryl methyl sites for hydroxylation is 1. The number of nitrogen functional groups attached to an aromatic ring is 1. The normalized spacial score (nSPS) is 38.3. The molecular formula is C21H23F2N9O8P2S2. The third-order valence-electron chi connectivity index (χ3n) is 7.32. The van der Waals surface area contributed by atoms with Gasteiger partial charge in [-0.1, -0.05) is 12.2 Å². The molecule has 4 aromatic heterocycles. The number of aromatic nitrogens is 8. The molecule has 3 saturated heterocycles. The fourth-order valence-electron chi connectivity index (χ4n) is 5.26. The van der Waals surface area contributed by atoms with Gasteiger partial charge in [-0.3, -0.25) is 22.7 Å². The SMILES string of the molecule is Cc1ncnc2c1ncn2[C@@H]1O[C@@H]2COP(O)(=S)O[C@H]3[C@@H](F)[C@H](n4cnc5c(N)ncnc54)O[C@@H]3COP(=O)(S)O[C@@H]1[C@@H]2F. The van der Waals surface area contributed by atoms with Crippen molar-refractivity contribution in [2.75, 3.05) is 18.9 Å². The van der Waals surface area contributed by atoms with Crippen LogP contribution in [0.5, 0.6) is 0 Å². The summed E-state index contributed by atoms with van der Waals surface area (Å²) in [4.78, 5) is 35.5. The number of anilines is 1. The van der Waals surface area contributed by atoms with Crippen molar-refractivity contribution in [1.82, 2.24) is 39.0 Å². The maximum Gasteiger partial charge on any atom is 0.386 e. The molecule has 0 radical (unpaired) electrons. The first kappa shape index (κ1) is 30.4. The van der Waals surface area contributed by atoms with Crippen molar-refractivity contribution >= 4 is 65.7 Å². The maximum absolute atomic E-state index is 16.0. The molecule has 0 aromatic carbocycles. The zero-order valence-electron chi connectivity index (χ0n) is 22.3. The predicted octanol–water partition coefficient (Wildman–Crippen LogP) is 2.10. The van der Waals surface area contributed by atoms with Gasteiger partial charge in [0.05, 0.1) is 31.6 Å². The third-order valence-corrected chi connectivity index (χ3v) is 10.5. The van der Waals surface area contributed by atoms with E-state index in [2.05, 4.69) is 42.2 Å². The summed E-state index contributed by atoms with van der Waals surface area (Å²) in [6.45, 7) is -8.22. The number of hydrogen-bond acceptors (Lipinski definition) is 15. The Hall–Kier alpha value is -2.29. The number of imidazole rings is 2. The van der Waals surface area contributed by atoms with E-state index in [9.17, 15) is 9.46 Å². The van der Waals surface area contributed by atoms with Crippen LogP contribution < -0.4 is 5.73 Å². The molecule has 3 fully saturated rings. The molecule has 23 heteroatoms. The van der Waals surface area contributed by atoms with Crippen LogP contribution >= 0.6 is 25.8 Å². The topological polar surface area (TPSA) is 206 Å². The van der Waals surface area contributed by atoms with Crippen molar-refractivity contribution in [3.05, 3.63) is 31.0 Å². The molecule has 3 aliphatic rings. The molecule has 3 N–H and O–H groups in total. The zero-order chi connectivity index (χ0) is 31.0. The first-order valence-corrected chi connectivity index (χ1v) is 18.2. The molecule has 236 valence electrons. The van der Waals surface area contributed by atoms with E-state index >= 15 is 8.78 Å². The second-order valence-electron chi connectivity index (χ2n) is 10.1. The summed E-state index contributed by atoms with van der Waals surface area (Å²) in [5.74, 6) is 0.0595. The lowest BCUT2D eigenvalue weighted by molar-refractivity contribution is -0.0578. The standard InChI is InChI=1S/C21H23F2N9O8P2S2/c1-8-13-18(27-4-25-8)32(6-29-13)21-16-11(22)9(37-21)2-35-41(33,43)39-15-10(3-36-42(34,44)40-16)38-20(12(15)23)31-7-30-14-17(24)26-5-28-19(14)31/h4-7,9-12,15-16,20-21H,2-3H2,1H3,(H,33,43)(H,34,44)(H2,24,26,28)/t9-,10-,11-,12-,15-,16-,20-,21-,41?,42?/m1/s1. The van der Waals surface area contributed by atoms with Crippen molar-refractivity contribution in [3.8, 4) is 0 Å². The summed E-state index contributed by atoms with van der Waals surface area (Å²) < 4.78 is 81.7. The number of rotatable bonds is 2. The van der Waals surface area contributed by atoms with E-state index in [1.165, 1.54) is 34.4 Å². The van der Waals surface area contributed by atoms with Crippen molar-refractivity contribution < 1.29 is 45.8 Å². The van der Waals surface area contributed by atoms with Gasteiger partial charge in [0, 0.05) is 0 Å². The number of alkyl halides is 2. The van der Waals surface area contributed by atoms with Crippen LogP contribution in [0.1, 0.15) is 18.1 Å². The second kappa shape index (κ2) is 11.2. The monoisotopic (exact) mass is 693 g/mol. The molecule has 4 aromatic rings. The number of nitrogens with two attached hydrogens (primary N) is 1. The van der Waals surface area contributed by atoms with Gasteiger partial charge in [0.2, 0.25) is 0 Å². The molecule has 2 unspecified atom stereocenters. The van der Waals surface area contributed by atoms with Gasteiger partial charge in [-0.25, -0.2) is 43.2 Å². The van der Waals surface area contributed by atoms with Crippen molar-refractivity contribution in [1.29, 1.82) is 0 Å². The summed E-state index contributed by atoms with van der Waals surface area (Å²) in [6, 6.07) is 0. The fraction of sp³-hybridized carbons (Fsp3) is 0.524. The zero-order valence-corrected chi connectivity index (χ0v) is 25.8. The quantitative estimate of drug-likeness (QED) is 0.203. The Morgan fingerprint density at radius 3 is 2.32 bits per heavy atom. The minimum absolute atomic E-state index is 0.0595. The van der Waals surface area contributed by atoms with Crippen LogP contribution in [0, 0.1) is 6.92 Å². The summed E-state index contributed by atoms with van der Waals surface area (Å²) in [7, 11) is 0. The molecule has 10 atom stereocenters. The smallest absolute Gasteiger partial charge is 0.382 e. The minimum Gasteiger partial charge on any atom is -0.382 e. The summed E-state index contributed by atoms with van der Waals surface area (Å²) in [5.41, 5.74) is 7.47. The lowest BCUT2D eigenvalue weighted by Crippen LogP contribution is -2.34. The molecule has 7 heterocycles. The van der Waals surface area contributed by atoms with Gasteiger partial charge >= 0.3 is 13.5 Å². The third kappa shape index (κ3) is 5.32. The number of hydrogen-bond donors (Lipinski definition) is 3. The largest absolute Gasteiger partial charge is 0.386 e. The van der Waals surface area contributed by atoms with Gasteiger partial charge in [0.1, 0.15) is 48.1 Å². The van der Waals surface area contributed by atoms with Crippen molar-refractivity contribution in [2.24, 2.45) is 0 Å². The predicted molar refractivity (Wildman–Crippen MR) is 152 cm³/mol. The maximum atomic E-state index is 16.0. The first-order chi connectivity index (χ1) is 20.9. The Labute approximate surface area is 256 Å². The Morgan fingerprint density at radius 2 is 1.55 bits per heavy atom. The lowest BCUT2D eigenvalue weighted by Gasteiger charge is -2.26. The lowest BCUT2D eigenvalue weighted by atomic mass is 10.1. The highest BCUT2D eigenvalue weighted by Gasteiger charge is 2.54. The van der Waals surface area contributed by atoms with Crippen LogP contribution in [-0.2, 0) is 43.9 Å². The molecule has 0 amide bonds. The average Bonchev–Trinajstić information content (AvgIpc) is 3.73. The van der Waals surface area contributed by atoms with Crippen LogP contribution in [0.15, 0.2) is 25.3 Å². The van der Waals surface area contributed by atoms with E-state index in [4.69, 9.17) is 45.1 Å². The summed E-state index contributed by atoms with van der Waals surface area (Å²) in [6.07, 6.45) is -7.58. The average molecular weight is 694 g/mol. The highest BCUT2D eigenvalue weighted by atomic mass is 32.7. The molecule has 3 aliphatic heterocycles. The summed E-state index contributed by atoms with van der Waals surface area (Å²) >= 11 is 9.19. The van der Waals surface area contributed by atoms with Gasteiger partial charge < -0.3 is 24.6 Å². The Bertz CT molecular complexity index is 1840. The Kier molecular flexibility index (Phi) is 7.73. The highest BCUT2D eigenvalue weighted by Crippen LogP contribution is 2.59.